The number of thiazole rings is 1. The van der Waals surface area contributed by atoms with Gasteiger partial charge in [-0.2, -0.15) is 0 Å². The lowest BCUT2D eigenvalue weighted by molar-refractivity contribution is -0.122. The molecule has 0 unspecified atom stereocenters. The van der Waals surface area contributed by atoms with Crippen molar-refractivity contribution in [3.05, 3.63) is 17.7 Å². The lowest BCUT2D eigenvalue weighted by Crippen LogP contribution is -2.44. The SMILES string of the molecule is COc1ccc(C)c2sc(N(CCN3CCOCC3)C(=O)C3CCCC3)nc12. The highest BCUT2D eigenvalue weighted by atomic mass is 32.1. The molecule has 1 aliphatic carbocycles. The molecule has 28 heavy (non-hydrogen) atoms. The zero-order valence-corrected chi connectivity index (χ0v) is 17.6. The molecule has 0 N–H and O–H groups in total. The molecule has 2 aromatic rings. The van der Waals surface area contributed by atoms with E-state index in [9.17, 15) is 4.79 Å². The van der Waals surface area contributed by atoms with Crippen LogP contribution in [0.25, 0.3) is 10.2 Å². The number of amides is 1. The number of rotatable bonds is 6. The number of morpholine rings is 1. The predicted molar refractivity (Wildman–Crippen MR) is 112 cm³/mol. The molecule has 0 atom stereocenters. The largest absolute Gasteiger partial charge is 0.494 e. The summed E-state index contributed by atoms with van der Waals surface area (Å²) in [7, 11) is 1.67. The van der Waals surface area contributed by atoms with Crippen molar-refractivity contribution in [1.82, 2.24) is 9.88 Å². The standard InChI is InChI=1S/C21H29N3O3S/c1-15-7-8-17(26-2)18-19(15)28-21(22-18)24(20(25)16-5-3-4-6-16)10-9-23-11-13-27-14-12-23/h7-8,16H,3-6,9-14H2,1-2H3. The maximum Gasteiger partial charge on any atom is 0.231 e. The van der Waals surface area contributed by atoms with Crippen LogP contribution in [-0.2, 0) is 9.53 Å². The minimum atomic E-state index is 0.139. The number of benzene rings is 1. The molecule has 2 heterocycles. The average Bonchev–Trinajstić information content (AvgIpc) is 3.40. The van der Waals surface area contributed by atoms with Crippen molar-refractivity contribution < 1.29 is 14.3 Å². The van der Waals surface area contributed by atoms with Gasteiger partial charge in [-0.15, -0.1) is 0 Å². The van der Waals surface area contributed by atoms with E-state index in [0.717, 1.165) is 79.6 Å². The molecular formula is C21H29N3O3S. The minimum absolute atomic E-state index is 0.139. The molecule has 1 aliphatic heterocycles. The second kappa shape index (κ2) is 8.76. The molecule has 1 aromatic heterocycles. The number of ether oxygens (including phenoxy) is 2. The Labute approximate surface area is 170 Å². The third-order valence-corrected chi connectivity index (χ3v) is 7.07. The first-order valence-corrected chi connectivity index (χ1v) is 11.0. The molecular weight excluding hydrogens is 374 g/mol. The fraction of sp³-hybridized carbons (Fsp3) is 0.619. The number of hydrogen-bond donors (Lipinski definition) is 0. The van der Waals surface area contributed by atoms with Crippen molar-refractivity contribution in [3.8, 4) is 5.75 Å². The second-order valence-electron chi connectivity index (χ2n) is 7.68. The van der Waals surface area contributed by atoms with E-state index in [0.29, 0.717) is 6.54 Å². The summed E-state index contributed by atoms with van der Waals surface area (Å²) in [4.78, 5) is 22.5. The highest BCUT2D eigenvalue weighted by Gasteiger charge is 2.30. The van der Waals surface area contributed by atoms with E-state index in [1.165, 1.54) is 5.56 Å². The Morgan fingerprint density at radius 3 is 2.79 bits per heavy atom. The van der Waals surface area contributed by atoms with E-state index < -0.39 is 0 Å². The van der Waals surface area contributed by atoms with Crippen LogP contribution < -0.4 is 9.64 Å². The number of carbonyl (C=O) groups excluding carboxylic acids is 1. The van der Waals surface area contributed by atoms with Crippen LogP contribution in [-0.4, -0.2) is 62.3 Å². The Kier molecular flexibility index (Phi) is 6.13. The van der Waals surface area contributed by atoms with Gasteiger partial charge in [0.05, 0.1) is 25.0 Å². The zero-order valence-electron chi connectivity index (χ0n) is 16.8. The summed E-state index contributed by atoms with van der Waals surface area (Å²) >= 11 is 1.61. The maximum atomic E-state index is 13.4. The van der Waals surface area contributed by atoms with Crippen LogP contribution in [0.1, 0.15) is 31.2 Å². The van der Waals surface area contributed by atoms with E-state index in [4.69, 9.17) is 14.5 Å². The summed E-state index contributed by atoms with van der Waals surface area (Å²) < 4.78 is 12.1. The minimum Gasteiger partial charge on any atom is -0.494 e. The first-order valence-electron chi connectivity index (χ1n) is 10.2. The van der Waals surface area contributed by atoms with Gasteiger partial charge in [-0.05, 0) is 31.4 Å². The Bertz CT molecular complexity index is 826. The lowest BCUT2D eigenvalue weighted by Gasteiger charge is -2.30. The lowest BCUT2D eigenvalue weighted by atomic mass is 10.1. The van der Waals surface area contributed by atoms with Gasteiger partial charge in [0.15, 0.2) is 5.13 Å². The van der Waals surface area contributed by atoms with E-state index in [1.807, 2.05) is 11.0 Å². The summed E-state index contributed by atoms with van der Waals surface area (Å²) in [6.07, 6.45) is 4.31. The quantitative estimate of drug-likeness (QED) is 0.739. The first-order chi connectivity index (χ1) is 13.7. The normalized spacial score (nSPS) is 18.6. The van der Waals surface area contributed by atoms with Gasteiger partial charge in [0, 0.05) is 32.1 Å². The van der Waals surface area contributed by atoms with Crippen molar-refractivity contribution in [2.75, 3.05) is 51.4 Å². The summed E-state index contributed by atoms with van der Waals surface area (Å²) in [5.41, 5.74) is 2.03. The molecule has 6 nitrogen and oxygen atoms in total. The van der Waals surface area contributed by atoms with Crippen molar-refractivity contribution in [3.63, 3.8) is 0 Å². The molecule has 4 rings (SSSR count). The van der Waals surface area contributed by atoms with E-state index in [-0.39, 0.29) is 11.8 Å². The molecule has 0 bridgehead atoms. The van der Waals surface area contributed by atoms with Crippen molar-refractivity contribution in [1.29, 1.82) is 0 Å². The van der Waals surface area contributed by atoms with Crippen molar-refractivity contribution >= 4 is 32.6 Å². The van der Waals surface area contributed by atoms with Gasteiger partial charge >= 0.3 is 0 Å². The van der Waals surface area contributed by atoms with Crippen LogP contribution in [0.5, 0.6) is 5.75 Å². The Morgan fingerprint density at radius 2 is 2.07 bits per heavy atom. The molecule has 1 saturated heterocycles. The molecule has 2 fully saturated rings. The summed E-state index contributed by atoms with van der Waals surface area (Å²) in [5, 5.41) is 0.799. The highest BCUT2D eigenvalue weighted by molar-refractivity contribution is 7.22. The zero-order chi connectivity index (χ0) is 19.5. The molecule has 1 saturated carbocycles. The number of carbonyl (C=O) groups is 1. The Hall–Kier alpha value is -1.70. The molecule has 0 spiro atoms. The highest BCUT2D eigenvalue weighted by Crippen LogP contribution is 2.37. The average molecular weight is 404 g/mol. The van der Waals surface area contributed by atoms with Crippen molar-refractivity contribution in [2.24, 2.45) is 5.92 Å². The topological polar surface area (TPSA) is 54.9 Å². The van der Waals surface area contributed by atoms with Gasteiger partial charge in [0.1, 0.15) is 11.3 Å². The van der Waals surface area contributed by atoms with Gasteiger partial charge in [-0.3, -0.25) is 14.6 Å². The van der Waals surface area contributed by atoms with E-state index in [2.05, 4.69) is 17.9 Å². The summed E-state index contributed by atoms with van der Waals surface area (Å²) in [6.45, 7) is 7.02. The predicted octanol–water partition coefficient (Wildman–Crippen LogP) is 3.47. The number of hydrogen-bond acceptors (Lipinski definition) is 6. The van der Waals surface area contributed by atoms with Gasteiger partial charge in [0.25, 0.3) is 0 Å². The molecule has 0 radical (unpaired) electrons. The van der Waals surface area contributed by atoms with Crippen LogP contribution in [0.15, 0.2) is 12.1 Å². The van der Waals surface area contributed by atoms with E-state index >= 15 is 0 Å². The third-order valence-electron chi connectivity index (χ3n) is 5.86. The molecule has 1 aromatic carbocycles. The summed E-state index contributed by atoms with van der Waals surface area (Å²) in [6, 6.07) is 4.01. The molecule has 2 aliphatic rings. The number of aryl methyl sites for hydroxylation is 1. The number of aromatic nitrogens is 1. The van der Waals surface area contributed by atoms with Crippen LogP contribution in [0.3, 0.4) is 0 Å². The smallest absolute Gasteiger partial charge is 0.231 e. The molecule has 152 valence electrons. The fourth-order valence-electron chi connectivity index (χ4n) is 4.14. The first kappa shape index (κ1) is 19.6. The van der Waals surface area contributed by atoms with Gasteiger partial charge in [-0.25, -0.2) is 4.98 Å². The Balaban J connectivity index is 1.62. The number of fused-ring (bicyclic) bond motifs is 1. The van der Waals surface area contributed by atoms with Crippen LogP contribution >= 0.6 is 11.3 Å². The molecule has 1 amide bonds. The van der Waals surface area contributed by atoms with Gasteiger partial charge < -0.3 is 9.47 Å². The fourth-order valence-corrected chi connectivity index (χ4v) is 5.22. The van der Waals surface area contributed by atoms with Crippen molar-refractivity contribution in [2.45, 2.75) is 32.6 Å². The van der Waals surface area contributed by atoms with Gasteiger partial charge in [-0.1, -0.05) is 30.2 Å². The van der Waals surface area contributed by atoms with Crippen LogP contribution in [0, 0.1) is 12.8 Å². The number of anilines is 1. The number of methoxy groups -OCH3 is 1. The second-order valence-corrected chi connectivity index (χ2v) is 8.66. The third kappa shape index (κ3) is 4.02. The Morgan fingerprint density at radius 1 is 1.32 bits per heavy atom. The maximum absolute atomic E-state index is 13.4. The number of nitrogens with zero attached hydrogens (tertiary/aromatic N) is 3. The van der Waals surface area contributed by atoms with Crippen LogP contribution in [0.4, 0.5) is 5.13 Å². The van der Waals surface area contributed by atoms with Crippen LogP contribution in [0.2, 0.25) is 0 Å². The molecule has 7 heteroatoms. The van der Waals surface area contributed by atoms with E-state index in [1.54, 1.807) is 18.4 Å². The monoisotopic (exact) mass is 403 g/mol. The summed E-state index contributed by atoms with van der Waals surface area (Å²) in [5.74, 6) is 1.14. The van der Waals surface area contributed by atoms with Gasteiger partial charge in [0.2, 0.25) is 5.91 Å².